The number of hydrogen-bond donors (Lipinski definition) is 20. The number of likely N-dealkylation sites (tertiary alicyclic amines) is 1. The number of nitrogens with two attached hydrogens (primary N) is 10. The predicted octanol–water partition coefficient (Wildman–Crippen LogP) is -5.56. The van der Waals surface area contributed by atoms with E-state index in [0.29, 0.717) is 36.9 Å². The number of amides is 12. The molecule has 586 valence electrons. The first-order valence-electron chi connectivity index (χ1n) is 35.6. The lowest BCUT2D eigenvalue weighted by Gasteiger charge is -2.30. The van der Waals surface area contributed by atoms with E-state index in [9.17, 15) is 57.5 Å². The summed E-state index contributed by atoms with van der Waals surface area (Å²) in [4.78, 5) is 186. The van der Waals surface area contributed by atoms with Crippen LogP contribution in [0.3, 0.4) is 0 Å². The summed E-state index contributed by atoms with van der Waals surface area (Å²) >= 11 is 0. The summed E-state index contributed by atoms with van der Waals surface area (Å²) in [5.74, 6) is -10.4. The van der Waals surface area contributed by atoms with Gasteiger partial charge in [-0.2, -0.15) is 0 Å². The molecule has 0 spiro atoms. The van der Waals surface area contributed by atoms with Crippen LogP contribution in [-0.4, -0.2) is 205 Å². The Bertz CT molecular complexity index is 3540. The fourth-order valence-electron chi connectivity index (χ4n) is 11.5. The number of carbonyl (C=O) groups excluding carboxylic acids is 12. The van der Waals surface area contributed by atoms with Crippen LogP contribution in [0.2, 0.25) is 0 Å². The van der Waals surface area contributed by atoms with Gasteiger partial charge in [0.2, 0.25) is 70.9 Å². The second-order valence-corrected chi connectivity index (χ2v) is 25.9. The molecular formula is C70H109N25O12. The maximum absolute atomic E-state index is 14.8. The zero-order chi connectivity index (χ0) is 79.0. The monoisotopic (exact) mass is 1490 g/mol. The van der Waals surface area contributed by atoms with Crippen LogP contribution in [-0.2, 0) is 76.8 Å². The maximum Gasteiger partial charge on any atom is 0.245 e. The lowest BCUT2D eigenvalue weighted by atomic mass is 10.0. The van der Waals surface area contributed by atoms with E-state index in [-0.39, 0.29) is 140 Å². The molecule has 37 nitrogen and oxygen atoms in total. The van der Waals surface area contributed by atoms with Crippen LogP contribution in [0.5, 0.6) is 0 Å². The van der Waals surface area contributed by atoms with Gasteiger partial charge in [-0.05, 0) is 121 Å². The van der Waals surface area contributed by atoms with Crippen molar-refractivity contribution in [2.45, 2.75) is 190 Å². The van der Waals surface area contributed by atoms with Gasteiger partial charge < -0.3 is 115 Å². The molecule has 3 aromatic carbocycles. The lowest BCUT2D eigenvalue weighted by Crippen LogP contribution is -2.60. The van der Waals surface area contributed by atoms with E-state index in [1.54, 1.807) is 91.0 Å². The second kappa shape index (κ2) is 46.9. The third-order valence-electron chi connectivity index (χ3n) is 17.1. The summed E-state index contributed by atoms with van der Waals surface area (Å²) in [5.41, 5.74) is 57.9. The molecule has 0 aliphatic carbocycles. The maximum atomic E-state index is 14.8. The average Bonchev–Trinajstić information content (AvgIpc) is 1.78. The number of rotatable bonds is 47. The fourth-order valence-corrected chi connectivity index (χ4v) is 11.5. The van der Waals surface area contributed by atoms with Gasteiger partial charge in [-0.3, -0.25) is 77.5 Å². The third kappa shape index (κ3) is 33.3. The van der Waals surface area contributed by atoms with E-state index in [4.69, 9.17) is 57.3 Å². The number of nitrogens with zero attached hydrogens (tertiary/aromatic N) is 5. The highest BCUT2D eigenvalue weighted by Gasteiger charge is 2.40. The SMILES string of the molecule is CC(=O)N[C@@H](Cc1ccccc1)C(=O)N[C@@H](Cc1ccccc1)C(=O)N[C@@H](Cc1ccccc1)C(=O)N[C@@H](CCCN=C(N)N)C(=O)N[C@@H](C)C(=O)N[C@@H](CCCN=C(N)N)C(=O)N[C@@H](CCCN=C(N)N)C(=O)N[C@H](C)C(=O)N[C@@H](CCCN=C(N)N)C(=O)N1CCC[C@H]1C(=O)N[C@@H](CCCCN)C(N)=O. The Morgan fingerprint density at radius 2 is 0.692 bits per heavy atom. The number of benzene rings is 3. The molecule has 0 bridgehead atoms. The number of unbranched alkanes of at least 4 members (excludes halogenated alkanes) is 1. The number of guanidine groups is 4. The van der Waals surface area contributed by atoms with Crippen LogP contribution in [0.25, 0.3) is 0 Å². The zero-order valence-electron chi connectivity index (χ0n) is 61.0. The van der Waals surface area contributed by atoms with Crippen molar-refractivity contribution in [3.8, 4) is 0 Å². The van der Waals surface area contributed by atoms with Gasteiger partial charge in [-0.25, -0.2) is 0 Å². The second-order valence-electron chi connectivity index (χ2n) is 25.9. The molecule has 4 rings (SSSR count). The molecule has 1 saturated heterocycles. The summed E-state index contributed by atoms with van der Waals surface area (Å²) in [5, 5.41) is 26.8. The van der Waals surface area contributed by atoms with Crippen LogP contribution in [0.15, 0.2) is 111 Å². The van der Waals surface area contributed by atoms with Crippen molar-refractivity contribution in [2.75, 3.05) is 39.3 Å². The molecule has 0 saturated carbocycles. The summed E-state index contributed by atoms with van der Waals surface area (Å²) < 4.78 is 0. The summed E-state index contributed by atoms with van der Waals surface area (Å²) in [6.45, 7) is 4.38. The van der Waals surface area contributed by atoms with Gasteiger partial charge in [0.1, 0.15) is 66.5 Å². The Morgan fingerprint density at radius 3 is 1.04 bits per heavy atom. The van der Waals surface area contributed by atoms with Gasteiger partial charge in [0.25, 0.3) is 0 Å². The molecule has 12 amide bonds. The number of nitrogens with one attached hydrogen (secondary N) is 10. The Kier molecular flexibility index (Phi) is 38.5. The van der Waals surface area contributed by atoms with E-state index in [1.807, 2.05) is 0 Å². The minimum absolute atomic E-state index is 0.00515. The van der Waals surface area contributed by atoms with Crippen molar-refractivity contribution in [3.05, 3.63) is 108 Å². The van der Waals surface area contributed by atoms with Gasteiger partial charge in [-0.1, -0.05) is 91.0 Å². The first-order chi connectivity index (χ1) is 51.0. The van der Waals surface area contributed by atoms with Crippen molar-refractivity contribution < 1.29 is 57.5 Å². The highest BCUT2D eigenvalue weighted by molar-refractivity contribution is 5.99. The smallest absolute Gasteiger partial charge is 0.245 e. The molecule has 3 aromatic rings. The first kappa shape index (κ1) is 87.7. The molecule has 1 heterocycles. The lowest BCUT2D eigenvalue weighted by molar-refractivity contribution is -0.142. The molecule has 30 N–H and O–H groups in total. The molecule has 1 fully saturated rings. The van der Waals surface area contributed by atoms with Gasteiger partial charge >= 0.3 is 0 Å². The number of aliphatic imine (C=N–C) groups is 4. The van der Waals surface area contributed by atoms with Gasteiger partial charge in [0.05, 0.1) is 0 Å². The van der Waals surface area contributed by atoms with E-state index >= 15 is 0 Å². The van der Waals surface area contributed by atoms with E-state index in [2.05, 4.69) is 73.1 Å². The predicted molar refractivity (Wildman–Crippen MR) is 403 cm³/mol. The molecule has 1 aliphatic rings. The largest absolute Gasteiger partial charge is 0.370 e. The molecule has 11 atom stereocenters. The van der Waals surface area contributed by atoms with Crippen molar-refractivity contribution >= 4 is 94.7 Å². The zero-order valence-corrected chi connectivity index (χ0v) is 61.0. The molecule has 107 heavy (non-hydrogen) atoms. The normalized spacial score (nSPS) is 15.1. The minimum Gasteiger partial charge on any atom is -0.370 e. The quantitative estimate of drug-likeness (QED) is 0.0142. The van der Waals surface area contributed by atoms with E-state index in [0.717, 1.165) is 5.56 Å². The number of hydrogen-bond acceptors (Lipinski definition) is 17. The highest BCUT2D eigenvalue weighted by Crippen LogP contribution is 2.21. The molecular weight excluding hydrogens is 1380 g/mol. The van der Waals surface area contributed by atoms with Gasteiger partial charge in [0, 0.05) is 58.9 Å². The molecule has 0 radical (unpaired) electrons. The van der Waals surface area contributed by atoms with Gasteiger partial charge in [0.15, 0.2) is 23.8 Å². The van der Waals surface area contributed by atoms with Crippen molar-refractivity contribution in [1.29, 1.82) is 0 Å². The molecule has 0 aromatic heterocycles. The highest BCUT2D eigenvalue weighted by atomic mass is 16.2. The molecule has 0 unspecified atom stereocenters. The fraction of sp³-hybridized carbons (Fsp3) is 0.514. The standard InChI is InChI=1S/C70H109N25O12/c1-41(85-60(101)49(28-16-34-82-68(75)76)91-63(104)53(39-45-22-9-5-10-23-45)94-64(105)54(40-46-24-11-6-12-25-46)93-62(103)52(87-43(3)96)38-44-20-7-4-8-21-44)57(98)89-50(29-17-35-83-69(77)78)61(102)90-48(27-15-33-81-67(73)74)59(100)86-42(2)58(99)92-51(30-18-36-84-70(79)80)66(107)95-37-19-31-55(95)65(106)88-47(56(72)97)26-13-14-32-71/h4-12,20-25,41-42,47-55H,13-19,26-40,71H2,1-3H3,(H2,72,97)(H,85,101)(H,86,100)(H,87,96)(H,88,106)(H,89,98)(H,90,102)(H,91,104)(H,92,99)(H,93,103)(H,94,105)(H4,73,74,81)(H4,75,76,82)(H4,77,78,83)(H4,79,80,84)/t41-,42+,47-,48-,49-,50-,51-,52-,53-,54-,55-/m0/s1. The summed E-state index contributed by atoms with van der Waals surface area (Å²) in [7, 11) is 0. The average molecular weight is 1490 g/mol. The van der Waals surface area contributed by atoms with Crippen LogP contribution >= 0.6 is 0 Å². The van der Waals surface area contributed by atoms with Crippen LogP contribution < -0.4 is 111 Å². The topological polar surface area (TPSA) is 638 Å². The van der Waals surface area contributed by atoms with Crippen LogP contribution in [0.4, 0.5) is 0 Å². The minimum atomic E-state index is -1.47. The molecule has 37 heteroatoms. The van der Waals surface area contributed by atoms with Crippen LogP contribution in [0.1, 0.15) is 121 Å². The summed E-state index contributed by atoms with van der Waals surface area (Å²) in [6, 6.07) is 11.9. The van der Waals surface area contributed by atoms with Crippen molar-refractivity contribution in [3.63, 3.8) is 0 Å². The molecule has 1 aliphatic heterocycles. The van der Waals surface area contributed by atoms with E-state index < -0.39 is 137 Å². The van der Waals surface area contributed by atoms with E-state index in [1.165, 1.54) is 25.7 Å². The van der Waals surface area contributed by atoms with Crippen molar-refractivity contribution in [2.24, 2.45) is 77.3 Å². The summed E-state index contributed by atoms with van der Waals surface area (Å²) in [6.07, 6.45) is 1.81. The van der Waals surface area contributed by atoms with Crippen LogP contribution in [0, 0.1) is 0 Å². The number of carbonyl (C=O) groups is 12. The Hall–Kier alpha value is -11.7. The Morgan fingerprint density at radius 1 is 0.383 bits per heavy atom. The first-order valence-corrected chi connectivity index (χ1v) is 35.6. The van der Waals surface area contributed by atoms with Crippen molar-refractivity contribution in [1.82, 2.24) is 58.1 Å². The Labute approximate surface area is 622 Å². The van der Waals surface area contributed by atoms with Gasteiger partial charge in [-0.15, -0.1) is 0 Å². The Balaban J connectivity index is 1.61. The third-order valence-corrected chi connectivity index (χ3v) is 17.1. The number of primary amides is 1.